The van der Waals surface area contributed by atoms with Gasteiger partial charge in [-0.3, -0.25) is 9.88 Å². The number of β-amino-alcohol motifs (C(OH)–C–C–N with tert-alkyl or cyclic N) is 2. The lowest BCUT2D eigenvalue weighted by Gasteiger charge is -2.56. The monoisotopic (exact) mass is 530 g/mol. The van der Waals surface area contributed by atoms with Gasteiger partial charge in [0.1, 0.15) is 11.7 Å². The van der Waals surface area contributed by atoms with Crippen LogP contribution in [0.4, 0.5) is 0 Å². The fourth-order valence-electron chi connectivity index (χ4n) is 9.77. The first kappa shape index (κ1) is 24.6. The third-order valence-electron chi connectivity index (χ3n) is 11.6. The van der Waals surface area contributed by atoms with E-state index < -0.39 is 35.6 Å². The number of allylic oxidation sites excluding steroid dienone is 1. The van der Waals surface area contributed by atoms with Crippen molar-refractivity contribution in [2.75, 3.05) is 13.1 Å². The first-order chi connectivity index (χ1) is 18.7. The van der Waals surface area contributed by atoms with Gasteiger partial charge in [0, 0.05) is 48.7 Å². The zero-order chi connectivity index (χ0) is 26.7. The minimum absolute atomic E-state index is 0.0126. The molecule has 1 unspecified atom stereocenters. The molecule has 1 aromatic carbocycles. The molecule has 3 aliphatic carbocycles. The van der Waals surface area contributed by atoms with Crippen LogP contribution < -0.4 is 0 Å². The predicted octanol–water partition coefficient (Wildman–Crippen LogP) is 2.82. The maximum Gasteiger partial charge on any atom is 0.118 e. The highest BCUT2D eigenvalue weighted by Crippen LogP contribution is 2.69. The molecule has 2 saturated carbocycles. The summed E-state index contributed by atoms with van der Waals surface area (Å²) < 4.78 is 7.26. The van der Waals surface area contributed by atoms with Crippen molar-refractivity contribution in [2.24, 2.45) is 11.3 Å². The Labute approximate surface area is 228 Å². The molecule has 39 heavy (non-hydrogen) atoms. The molecule has 2 saturated heterocycles. The van der Waals surface area contributed by atoms with E-state index in [1.54, 1.807) is 0 Å². The van der Waals surface area contributed by atoms with Crippen molar-refractivity contribution < 1.29 is 25.2 Å². The van der Waals surface area contributed by atoms with Gasteiger partial charge in [0.05, 0.1) is 23.9 Å². The van der Waals surface area contributed by atoms with Gasteiger partial charge < -0.3 is 25.2 Å². The van der Waals surface area contributed by atoms with Gasteiger partial charge in [-0.1, -0.05) is 31.2 Å². The van der Waals surface area contributed by atoms with Crippen LogP contribution in [0, 0.1) is 11.3 Å². The van der Waals surface area contributed by atoms with Crippen molar-refractivity contribution in [2.45, 2.75) is 93.0 Å². The Kier molecular flexibility index (Phi) is 5.19. The standard InChI is InChI=1S/C32H38N2O5/c1-30-8-6-22-13-21-4-5-23(34-16-25(36)26(37)17-34)29(38)32(21)10-9-31(22,39-32)27(30)14-24(35)28(30)19-3-2-18-7-11-33-15-20(18)12-19/h2-3,6-7,11-13,15,23-29,35-38H,4-5,8-10,14,16-17H2,1H3/t23-,24-,25+,26+,27-,28+,29-,30+,31?,32+/m1/s1. The number of aliphatic hydroxyl groups excluding tert-OH is 4. The van der Waals surface area contributed by atoms with Gasteiger partial charge in [0.25, 0.3) is 0 Å². The molecule has 3 aliphatic heterocycles. The summed E-state index contributed by atoms with van der Waals surface area (Å²) in [4.78, 5) is 6.37. The third-order valence-corrected chi connectivity index (χ3v) is 11.6. The number of hydrogen-bond acceptors (Lipinski definition) is 7. The second-order valence-electron chi connectivity index (χ2n) is 13.4. The first-order valence-corrected chi connectivity index (χ1v) is 14.7. The number of nitrogens with zero attached hydrogens (tertiary/aromatic N) is 2. The van der Waals surface area contributed by atoms with Crippen molar-refractivity contribution in [3.63, 3.8) is 0 Å². The van der Waals surface area contributed by atoms with Gasteiger partial charge in [-0.2, -0.15) is 0 Å². The molecule has 0 amide bonds. The maximum absolute atomic E-state index is 11.9. The highest BCUT2D eigenvalue weighted by molar-refractivity contribution is 5.82. The van der Waals surface area contributed by atoms with Crippen molar-refractivity contribution in [3.05, 3.63) is 65.5 Å². The topological polar surface area (TPSA) is 106 Å². The minimum atomic E-state index is -0.773. The molecular weight excluding hydrogens is 492 g/mol. The summed E-state index contributed by atoms with van der Waals surface area (Å²) in [5, 5.41) is 46.1. The van der Waals surface area contributed by atoms with Crippen LogP contribution in [0.2, 0.25) is 0 Å². The molecule has 4 heterocycles. The van der Waals surface area contributed by atoms with E-state index in [0.29, 0.717) is 19.5 Å². The van der Waals surface area contributed by atoms with Gasteiger partial charge in [0.15, 0.2) is 0 Å². The lowest BCUT2D eigenvalue weighted by atomic mass is 9.58. The summed E-state index contributed by atoms with van der Waals surface area (Å²) in [6.07, 6.45) is 10.4. The van der Waals surface area contributed by atoms with E-state index in [4.69, 9.17) is 4.74 Å². The van der Waals surface area contributed by atoms with Crippen LogP contribution in [0.15, 0.2) is 60.0 Å². The summed E-state index contributed by atoms with van der Waals surface area (Å²) in [7, 11) is 0. The van der Waals surface area contributed by atoms with Crippen molar-refractivity contribution in [1.82, 2.24) is 9.88 Å². The largest absolute Gasteiger partial charge is 0.392 e. The maximum atomic E-state index is 11.9. The third kappa shape index (κ3) is 3.17. The molecular formula is C32H38N2O5. The molecule has 7 heteroatoms. The predicted molar refractivity (Wildman–Crippen MR) is 146 cm³/mol. The van der Waals surface area contributed by atoms with Crippen LogP contribution in [-0.4, -0.2) is 85.1 Å². The summed E-state index contributed by atoms with van der Waals surface area (Å²) in [6, 6.07) is 8.38. The number of aromatic nitrogens is 1. The van der Waals surface area contributed by atoms with Gasteiger partial charge in [-0.25, -0.2) is 0 Å². The molecule has 10 atom stereocenters. The highest BCUT2D eigenvalue weighted by atomic mass is 16.5. The number of rotatable bonds is 2. The van der Waals surface area contributed by atoms with Gasteiger partial charge in [-0.05, 0) is 78.2 Å². The quantitative estimate of drug-likeness (QED) is 0.473. The number of likely N-dealkylation sites (tertiary alicyclic amines) is 1. The molecule has 1 aromatic heterocycles. The molecule has 6 aliphatic rings. The molecule has 2 aromatic rings. The molecule has 4 fully saturated rings. The van der Waals surface area contributed by atoms with E-state index in [2.05, 4.69) is 47.2 Å². The average molecular weight is 531 g/mol. The lowest BCUT2D eigenvalue weighted by molar-refractivity contribution is -0.185. The van der Waals surface area contributed by atoms with Crippen LogP contribution >= 0.6 is 0 Å². The van der Waals surface area contributed by atoms with Crippen LogP contribution in [0.1, 0.15) is 56.9 Å². The number of benzene rings is 1. The second kappa shape index (κ2) is 8.21. The summed E-state index contributed by atoms with van der Waals surface area (Å²) >= 11 is 0. The van der Waals surface area contributed by atoms with Crippen molar-refractivity contribution in [1.29, 1.82) is 0 Å². The van der Waals surface area contributed by atoms with E-state index in [1.165, 1.54) is 11.1 Å². The first-order valence-electron chi connectivity index (χ1n) is 14.7. The Morgan fingerprint density at radius 1 is 0.974 bits per heavy atom. The number of pyridine rings is 1. The summed E-state index contributed by atoms with van der Waals surface area (Å²) in [5.41, 5.74) is 2.14. The molecule has 4 N–H and O–H groups in total. The zero-order valence-electron chi connectivity index (χ0n) is 22.4. The smallest absolute Gasteiger partial charge is 0.118 e. The average Bonchev–Trinajstić information content (AvgIpc) is 3.54. The second-order valence-corrected chi connectivity index (χ2v) is 13.4. The van der Waals surface area contributed by atoms with E-state index in [0.717, 1.165) is 48.4 Å². The van der Waals surface area contributed by atoms with Crippen LogP contribution in [-0.2, 0) is 4.74 Å². The molecule has 206 valence electrons. The normalized spacial score (nSPS) is 46.9. The van der Waals surface area contributed by atoms with Crippen molar-refractivity contribution in [3.8, 4) is 0 Å². The van der Waals surface area contributed by atoms with Crippen LogP contribution in [0.5, 0.6) is 0 Å². The number of hydrogen-bond donors (Lipinski definition) is 4. The molecule has 8 rings (SSSR count). The van der Waals surface area contributed by atoms with E-state index in [1.807, 2.05) is 18.5 Å². The van der Waals surface area contributed by atoms with E-state index in [-0.39, 0.29) is 23.3 Å². The zero-order valence-corrected chi connectivity index (χ0v) is 22.4. The van der Waals surface area contributed by atoms with Gasteiger partial charge in [-0.15, -0.1) is 0 Å². The molecule has 7 nitrogen and oxygen atoms in total. The fraction of sp³-hybridized carbons (Fsp3) is 0.594. The number of aliphatic hydroxyl groups is 4. The minimum Gasteiger partial charge on any atom is -0.392 e. The Hall–Kier alpha value is -2.13. The van der Waals surface area contributed by atoms with E-state index >= 15 is 0 Å². The Balaban J connectivity index is 1.16. The van der Waals surface area contributed by atoms with Crippen LogP contribution in [0.25, 0.3) is 10.8 Å². The molecule has 2 spiro atoms. The Bertz CT molecular complexity index is 1400. The molecule has 2 bridgehead atoms. The van der Waals surface area contributed by atoms with E-state index in [9.17, 15) is 20.4 Å². The van der Waals surface area contributed by atoms with Crippen molar-refractivity contribution >= 4 is 10.8 Å². The Morgan fingerprint density at radius 3 is 2.59 bits per heavy atom. The fourth-order valence-corrected chi connectivity index (χ4v) is 9.77. The highest BCUT2D eigenvalue weighted by Gasteiger charge is 2.70. The summed E-state index contributed by atoms with van der Waals surface area (Å²) in [5.74, 6) is 0.121. The lowest BCUT2D eigenvalue weighted by Crippen LogP contribution is -2.62. The van der Waals surface area contributed by atoms with Crippen LogP contribution in [0.3, 0.4) is 0 Å². The molecule has 0 radical (unpaired) electrons. The number of fused-ring (bicyclic) bond motifs is 2. The Morgan fingerprint density at radius 2 is 1.77 bits per heavy atom. The van der Waals surface area contributed by atoms with Gasteiger partial charge >= 0.3 is 0 Å². The van der Waals surface area contributed by atoms with Gasteiger partial charge in [0.2, 0.25) is 0 Å². The SMILES string of the molecule is C[C@]12CC=C3C=C4CC[C@@H](N5C[C@H](O)[C@@H](O)C5)[C@@H](O)[C@]45CCC3(O5)[C@@H]1C[C@@H](O)[C@@H]2c1ccc2ccncc2c1. The number of ether oxygens (including phenoxy) is 1. The summed E-state index contributed by atoms with van der Waals surface area (Å²) in [6.45, 7) is 3.09.